The van der Waals surface area contributed by atoms with E-state index in [2.05, 4.69) is 10.6 Å². The average Bonchev–Trinajstić information content (AvgIpc) is 2.44. The van der Waals surface area contributed by atoms with E-state index in [4.69, 9.17) is 23.8 Å². The third-order valence-corrected chi connectivity index (χ3v) is 3.48. The number of nitro benzene ring substituents is 1. The normalized spacial score (nSPS) is 10.0. The number of rotatable bonds is 3. The summed E-state index contributed by atoms with van der Waals surface area (Å²) in [5, 5.41) is 17.6. The van der Waals surface area contributed by atoms with E-state index in [0.717, 1.165) is 11.3 Å². The van der Waals surface area contributed by atoms with Crippen molar-refractivity contribution in [1.82, 2.24) is 0 Å². The number of thiocarbonyl (C=S) groups is 1. The predicted octanol–water partition coefficient (Wildman–Crippen LogP) is 4.37. The van der Waals surface area contributed by atoms with Crippen LogP contribution in [0.1, 0.15) is 5.56 Å². The van der Waals surface area contributed by atoms with E-state index < -0.39 is 4.92 Å². The van der Waals surface area contributed by atoms with Crippen molar-refractivity contribution in [3.63, 3.8) is 0 Å². The molecule has 0 radical (unpaired) electrons. The summed E-state index contributed by atoms with van der Waals surface area (Å²) < 4.78 is 0. The minimum atomic E-state index is -0.463. The largest absolute Gasteiger partial charge is 0.332 e. The first kappa shape index (κ1) is 15.2. The first-order chi connectivity index (χ1) is 9.99. The Morgan fingerprint density at radius 1 is 1.14 bits per heavy atom. The number of hydrogen-bond acceptors (Lipinski definition) is 3. The molecule has 2 N–H and O–H groups in total. The Bertz CT molecular complexity index is 706. The van der Waals surface area contributed by atoms with Gasteiger partial charge >= 0.3 is 0 Å². The Balaban J connectivity index is 2.16. The van der Waals surface area contributed by atoms with Crippen LogP contribution in [0.4, 0.5) is 17.1 Å². The summed E-state index contributed by atoms with van der Waals surface area (Å²) in [6, 6.07) is 11.7. The van der Waals surface area contributed by atoms with Gasteiger partial charge in [0.15, 0.2) is 5.11 Å². The van der Waals surface area contributed by atoms with Gasteiger partial charge in [-0.2, -0.15) is 0 Å². The molecule has 0 heterocycles. The maximum Gasteiger partial charge on any atom is 0.292 e. The molecular weight excluding hydrogens is 310 g/mol. The van der Waals surface area contributed by atoms with E-state index in [1.54, 1.807) is 30.3 Å². The molecule has 0 fully saturated rings. The minimum absolute atomic E-state index is 0.0375. The Kier molecular flexibility index (Phi) is 4.72. The maximum atomic E-state index is 10.9. The molecule has 5 nitrogen and oxygen atoms in total. The maximum absolute atomic E-state index is 10.9. The number of halogens is 1. The molecular formula is C14H12ClN3O2S. The van der Waals surface area contributed by atoms with Crippen LogP contribution in [0, 0.1) is 17.0 Å². The molecule has 0 bridgehead atoms. The van der Waals surface area contributed by atoms with Gasteiger partial charge in [-0.15, -0.1) is 0 Å². The first-order valence-corrected chi connectivity index (χ1v) is 6.84. The van der Waals surface area contributed by atoms with Crippen molar-refractivity contribution < 1.29 is 4.92 Å². The smallest absolute Gasteiger partial charge is 0.292 e. The Hall–Kier alpha value is -2.18. The van der Waals surface area contributed by atoms with Gasteiger partial charge in [0.2, 0.25) is 0 Å². The fourth-order valence-corrected chi connectivity index (χ4v) is 2.15. The van der Waals surface area contributed by atoms with Gasteiger partial charge in [-0.3, -0.25) is 10.1 Å². The number of hydrogen-bond donors (Lipinski definition) is 2. The molecule has 108 valence electrons. The number of nitro groups is 1. The van der Waals surface area contributed by atoms with Crippen LogP contribution in [0.5, 0.6) is 0 Å². The van der Waals surface area contributed by atoms with Crippen LogP contribution in [0.3, 0.4) is 0 Å². The molecule has 2 rings (SSSR count). The Morgan fingerprint density at radius 3 is 2.48 bits per heavy atom. The SMILES string of the molecule is Cc1c(Cl)cccc1NC(=S)Nc1ccccc1[N+](=O)[O-]. The second kappa shape index (κ2) is 6.51. The molecule has 2 aromatic rings. The highest BCUT2D eigenvalue weighted by atomic mass is 35.5. The lowest BCUT2D eigenvalue weighted by atomic mass is 10.2. The van der Waals surface area contributed by atoms with E-state index in [9.17, 15) is 10.1 Å². The number of nitrogens with zero attached hydrogens (tertiary/aromatic N) is 1. The van der Waals surface area contributed by atoms with E-state index in [1.165, 1.54) is 6.07 Å². The lowest BCUT2D eigenvalue weighted by Crippen LogP contribution is -2.20. The fourth-order valence-electron chi connectivity index (χ4n) is 1.76. The number of nitrogens with one attached hydrogen (secondary N) is 2. The van der Waals surface area contributed by atoms with Gasteiger partial charge in [0.25, 0.3) is 5.69 Å². The molecule has 0 unspecified atom stereocenters. The topological polar surface area (TPSA) is 67.2 Å². The molecule has 21 heavy (non-hydrogen) atoms. The standard InChI is InChI=1S/C14H12ClN3O2S/c1-9-10(15)5-4-7-11(9)16-14(21)17-12-6-2-3-8-13(12)18(19)20/h2-8H,1H3,(H2,16,17,21). The molecule has 0 aliphatic carbocycles. The van der Waals surface area contributed by atoms with Crippen LogP contribution >= 0.6 is 23.8 Å². The van der Waals surface area contributed by atoms with Crippen molar-refractivity contribution in [1.29, 1.82) is 0 Å². The van der Waals surface area contributed by atoms with Crippen LogP contribution in [0.2, 0.25) is 5.02 Å². The Morgan fingerprint density at radius 2 is 1.76 bits per heavy atom. The highest BCUT2D eigenvalue weighted by molar-refractivity contribution is 7.80. The van der Waals surface area contributed by atoms with Gasteiger partial charge in [0.05, 0.1) is 4.92 Å². The van der Waals surface area contributed by atoms with E-state index in [1.807, 2.05) is 13.0 Å². The third-order valence-electron chi connectivity index (χ3n) is 2.86. The van der Waals surface area contributed by atoms with Gasteiger partial charge in [-0.05, 0) is 42.9 Å². The van der Waals surface area contributed by atoms with Crippen molar-refractivity contribution in [2.75, 3.05) is 10.6 Å². The van der Waals surface area contributed by atoms with Crippen LogP contribution in [0.25, 0.3) is 0 Å². The van der Waals surface area contributed by atoms with Crippen LogP contribution in [-0.2, 0) is 0 Å². The monoisotopic (exact) mass is 321 g/mol. The molecule has 7 heteroatoms. The molecule has 2 aromatic carbocycles. The zero-order chi connectivity index (χ0) is 15.4. The minimum Gasteiger partial charge on any atom is -0.332 e. The lowest BCUT2D eigenvalue weighted by Gasteiger charge is -2.13. The predicted molar refractivity (Wildman–Crippen MR) is 89.1 cm³/mol. The summed E-state index contributed by atoms with van der Waals surface area (Å²) in [5.41, 5.74) is 1.90. The summed E-state index contributed by atoms with van der Waals surface area (Å²) in [5.74, 6) is 0. The second-order valence-electron chi connectivity index (χ2n) is 4.27. The lowest BCUT2D eigenvalue weighted by molar-refractivity contribution is -0.383. The quantitative estimate of drug-likeness (QED) is 0.499. The van der Waals surface area contributed by atoms with Crippen molar-refractivity contribution in [2.24, 2.45) is 0 Å². The van der Waals surface area contributed by atoms with Crippen molar-refractivity contribution in [3.05, 3.63) is 63.2 Å². The average molecular weight is 322 g/mol. The van der Waals surface area contributed by atoms with Gasteiger partial charge in [0, 0.05) is 16.8 Å². The van der Waals surface area contributed by atoms with Crippen molar-refractivity contribution in [3.8, 4) is 0 Å². The molecule has 0 amide bonds. The van der Waals surface area contributed by atoms with Gasteiger partial charge in [-0.25, -0.2) is 0 Å². The summed E-state index contributed by atoms with van der Waals surface area (Å²) in [6.07, 6.45) is 0. The molecule has 0 atom stereocenters. The van der Waals surface area contributed by atoms with Gasteiger partial charge in [-0.1, -0.05) is 29.8 Å². The number of anilines is 2. The fraction of sp³-hybridized carbons (Fsp3) is 0.0714. The van der Waals surface area contributed by atoms with Crippen molar-refractivity contribution >= 4 is 46.0 Å². The molecule has 0 spiro atoms. The Labute approximate surface area is 132 Å². The van der Waals surface area contributed by atoms with Crippen molar-refractivity contribution in [2.45, 2.75) is 6.92 Å². The summed E-state index contributed by atoms with van der Waals surface area (Å²) >= 11 is 11.2. The first-order valence-electron chi connectivity index (χ1n) is 6.05. The van der Waals surface area contributed by atoms with E-state index in [-0.39, 0.29) is 10.8 Å². The van der Waals surface area contributed by atoms with E-state index in [0.29, 0.717) is 10.7 Å². The second-order valence-corrected chi connectivity index (χ2v) is 5.08. The molecule has 0 aromatic heterocycles. The van der Waals surface area contributed by atoms with Gasteiger partial charge in [0.1, 0.15) is 5.69 Å². The highest BCUT2D eigenvalue weighted by Crippen LogP contribution is 2.25. The van der Waals surface area contributed by atoms with Gasteiger partial charge < -0.3 is 10.6 Å². The number of benzene rings is 2. The zero-order valence-electron chi connectivity index (χ0n) is 11.1. The van der Waals surface area contributed by atoms with Crippen LogP contribution in [-0.4, -0.2) is 10.0 Å². The summed E-state index contributed by atoms with van der Waals surface area (Å²) in [6.45, 7) is 1.86. The molecule has 0 saturated heterocycles. The number of para-hydroxylation sites is 2. The highest BCUT2D eigenvalue weighted by Gasteiger charge is 2.13. The summed E-state index contributed by atoms with van der Waals surface area (Å²) in [4.78, 5) is 10.5. The van der Waals surface area contributed by atoms with E-state index >= 15 is 0 Å². The summed E-state index contributed by atoms with van der Waals surface area (Å²) in [7, 11) is 0. The zero-order valence-corrected chi connectivity index (χ0v) is 12.7. The van der Waals surface area contributed by atoms with Crippen LogP contribution in [0.15, 0.2) is 42.5 Å². The molecule has 0 saturated carbocycles. The third kappa shape index (κ3) is 3.68. The molecule has 0 aliphatic heterocycles. The molecule has 0 aliphatic rings. The van der Waals surface area contributed by atoms with Crippen LogP contribution < -0.4 is 10.6 Å².